The molecule has 2 aromatic rings. The zero-order valence-corrected chi connectivity index (χ0v) is 13.9. The van der Waals surface area contributed by atoms with Gasteiger partial charge in [0.1, 0.15) is 5.82 Å². The van der Waals surface area contributed by atoms with Gasteiger partial charge in [0.25, 0.3) is 0 Å². The van der Waals surface area contributed by atoms with Crippen molar-refractivity contribution in [3.05, 3.63) is 28.2 Å². The summed E-state index contributed by atoms with van der Waals surface area (Å²) in [5.74, 6) is 0.233. The zero-order valence-electron chi connectivity index (χ0n) is 13.0. The molecule has 0 aliphatic carbocycles. The topological polar surface area (TPSA) is 100 Å². The molecule has 0 aliphatic heterocycles. The Morgan fingerprint density at radius 1 is 1.48 bits per heavy atom. The number of rotatable bonds is 8. The van der Waals surface area contributed by atoms with E-state index >= 15 is 0 Å². The molecule has 8 nitrogen and oxygen atoms in total. The Morgan fingerprint density at radius 2 is 2.30 bits per heavy atom. The molecule has 2 aromatic heterocycles. The van der Waals surface area contributed by atoms with E-state index in [9.17, 15) is 9.59 Å². The molecule has 0 bridgehead atoms. The minimum atomic E-state index is -0.263. The number of H-pyrrole nitrogens is 1. The van der Waals surface area contributed by atoms with Gasteiger partial charge in [0.15, 0.2) is 0 Å². The fraction of sp³-hybridized carbons (Fsp3) is 0.429. The molecule has 0 fully saturated rings. The van der Waals surface area contributed by atoms with Crippen molar-refractivity contribution in [1.29, 1.82) is 0 Å². The van der Waals surface area contributed by atoms with Gasteiger partial charge in [-0.3, -0.25) is 20.0 Å². The average molecular weight is 337 g/mol. The van der Waals surface area contributed by atoms with Crippen molar-refractivity contribution >= 4 is 29.1 Å². The van der Waals surface area contributed by atoms with Crippen molar-refractivity contribution in [2.24, 2.45) is 0 Å². The first kappa shape index (κ1) is 17.1. The van der Waals surface area contributed by atoms with Crippen LogP contribution in [0.4, 0.5) is 5.95 Å². The van der Waals surface area contributed by atoms with Gasteiger partial charge in [0, 0.05) is 25.5 Å². The summed E-state index contributed by atoms with van der Waals surface area (Å²) in [6.07, 6.45) is 0.0850. The summed E-state index contributed by atoms with van der Waals surface area (Å²) in [4.78, 5) is 30.3. The predicted octanol–water partition coefficient (Wildman–Crippen LogP) is 1.04. The van der Waals surface area contributed by atoms with Crippen LogP contribution >= 0.6 is 11.3 Å². The maximum atomic E-state index is 12.5. The third-order valence-corrected chi connectivity index (χ3v) is 3.84. The third kappa shape index (κ3) is 5.46. The molecule has 0 unspecified atom stereocenters. The van der Waals surface area contributed by atoms with E-state index in [2.05, 4.69) is 20.5 Å². The van der Waals surface area contributed by atoms with Crippen LogP contribution in [0.2, 0.25) is 0 Å². The van der Waals surface area contributed by atoms with Crippen LogP contribution in [-0.4, -0.2) is 52.2 Å². The van der Waals surface area contributed by atoms with Gasteiger partial charge in [-0.2, -0.15) is 4.98 Å². The van der Waals surface area contributed by atoms with Crippen molar-refractivity contribution in [2.75, 3.05) is 25.6 Å². The smallest absolute Gasteiger partial charge is 0.248 e. The van der Waals surface area contributed by atoms with Crippen LogP contribution in [0.1, 0.15) is 17.6 Å². The molecule has 0 saturated carbocycles. The summed E-state index contributed by atoms with van der Waals surface area (Å²) in [7, 11) is 1.60. The molecule has 23 heavy (non-hydrogen) atoms. The second kappa shape index (κ2) is 8.39. The number of aromatic nitrogens is 3. The lowest BCUT2D eigenvalue weighted by atomic mass is 10.3. The number of carbonyl (C=O) groups excluding carboxylic acids is 2. The number of methoxy groups -OCH3 is 1. The van der Waals surface area contributed by atoms with E-state index in [1.807, 2.05) is 17.5 Å². The predicted molar refractivity (Wildman–Crippen MR) is 86.0 cm³/mol. The van der Waals surface area contributed by atoms with Crippen molar-refractivity contribution in [3.63, 3.8) is 0 Å². The molecule has 124 valence electrons. The molecule has 0 atom stereocenters. The molecule has 2 N–H and O–H groups in total. The zero-order chi connectivity index (χ0) is 16.7. The molecule has 2 heterocycles. The quantitative estimate of drug-likeness (QED) is 0.750. The van der Waals surface area contributed by atoms with Crippen LogP contribution in [0.25, 0.3) is 0 Å². The SMILES string of the molecule is COCCN(Cc1cccs1)C(=O)Cc1nc(NC(C)=O)n[nH]1. The van der Waals surface area contributed by atoms with E-state index in [4.69, 9.17) is 4.74 Å². The third-order valence-electron chi connectivity index (χ3n) is 2.98. The number of thiophene rings is 1. The number of ether oxygens (including phenoxy) is 1. The number of anilines is 1. The van der Waals surface area contributed by atoms with Crippen LogP contribution in [0.15, 0.2) is 17.5 Å². The van der Waals surface area contributed by atoms with Gasteiger partial charge in [-0.05, 0) is 11.4 Å². The maximum Gasteiger partial charge on any atom is 0.248 e. The van der Waals surface area contributed by atoms with Gasteiger partial charge in [0.2, 0.25) is 17.8 Å². The number of aromatic amines is 1. The number of nitrogens with one attached hydrogen (secondary N) is 2. The Morgan fingerprint density at radius 3 is 2.96 bits per heavy atom. The van der Waals surface area contributed by atoms with E-state index in [1.165, 1.54) is 6.92 Å². The first-order valence-corrected chi connectivity index (χ1v) is 7.94. The molecule has 0 radical (unpaired) electrons. The van der Waals surface area contributed by atoms with Gasteiger partial charge < -0.3 is 9.64 Å². The Hall–Kier alpha value is -2.26. The molecule has 0 aliphatic rings. The molecular formula is C14H19N5O3S. The van der Waals surface area contributed by atoms with Crippen LogP contribution in [0.3, 0.4) is 0 Å². The summed E-state index contributed by atoms with van der Waals surface area (Å²) < 4.78 is 5.07. The first-order valence-electron chi connectivity index (χ1n) is 7.06. The Labute approximate surface area is 137 Å². The van der Waals surface area contributed by atoms with Gasteiger partial charge in [0.05, 0.1) is 19.6 Å². The largest absolute Gasteiger partial charge is 0.383 e. The minimum absolute atomic E-state index is 0.0824. The number of nitrogens with zero attached hydrogens (tertiary/aromatic N) is 3. The Bertz CT molecular complexity index is 641. The molecule has 0 saturated heterocycles. The lowest BCUT2D eigenvalue weighted by Crippen LogP contribution is -2.34. The van der Waals surface area contributed by atoms with E-state index in [0.717, 1.165) is 4.88 Å². The average Bonchev–Trinajstić information content (AvgIpc) is 3.14. The minimum Gasteiger partial charge on any atom is -0.383 e. The van der Waals surface area contributed by atoms with E-state index in [1.54, 1.807) is 23.3 Å². The maximum absolute atomic E-state index is 12.5. The van der Waals surface area contributed by atoms with Crippen molar-refractivity contribution in [1.82, 2.24) is 20.1 Å². The number of hydrogen-bond donors (Lipinski definition) is 2. The monoisotopic (exact) mass is 337 g/mol. The normalized spacial score (nSPS) is 10.5. The highest BCUT2D eigenvalue weighted by molar-refractivity contribution is 7.09. The van der Waals surface area contributed by atoms with Crippen LogP contribution < -0.4 is 5.32 Å². The molecule has 9 heteroatoms. The second-order valence-corrected chi connectivity index (χ2v) is 5.88. The molecular weight excluding hydrogens is 318 g/mol. The number of amides is 2. The highest BCUT2D eigenvalue weighted by Gasteiger charge is 2.17. The summed E-state index contributed by atoms with van der Waals surface area (Å²) in [6.45, 7) is 2.87. The summed E-state index contributed by atoms with van der Waals surface area (Å²) in [5, 5.41) is 10.9. The fourth-order valence-electron chi connectivity index (χ4n) is 1.93. The van der Waals surface area contributed by atoms with Crippen molar-refractivity contribution in [3.8, 4) is 0 Å². The van der Waals surface area contributed by atoms with Crippen molar-refractivity contribution < 1.29 is 14.3 Å². The highest BCUT2D eigenvalue weighted by Crippen LogP contribution is 2.13. The molecule has 2 rings (SSSR count). The second-order valence-electron chi connectivity index (χ2n) is 4.85. The fourth-order valence-corrected chi connectivity index (χ4v) is 2.65. The van der Waals surface area contributed by atoms with E-state index in [0.29, 0.717) is 25.5 Å². The Balaban J connectivity index is 1.98. The standard InChI is InChI=1S/C14H19N5O3S/c1-10(20)15-14-16-12(17-18-14)8-13(21)19(5-6-22-2)9-11-4-3-7-23-11/h3-4,7H,5-6,8-9H2,1-2H3,(H2,15,16,17,18,20). The number of carbonyl (C=O) groups is 2. The number of hydrogen-bond acceptors (Lipinski definition) is 6. The van der Waals surface area contributed by atoms with Gasteiger partial charge in [-0.1, -0.05) is 6.07 Å². The van der Waals surface area contributed by atoms with Crippen LogP contribution in [0, 0.1) is 0 Å². The van der Waals surface area contributed by atoms with Crippen LogP contribution in [-0.2, 0) is 27.3 Å². The first-order chi connectivity index (χ1) is 11.1. The van der Waals surface area contributed by atoms with E-state index in [-0.39, 0.29) is 24.2 Å². The highest BCUT2D eigenvalue weighted by atomic mass is 32.1. The molecule has 0 aromatic carbocycles. The summed E-state index contributed by atoms with van der Waals surface area (Å²) in [6, 6.07) is 3.94. The van der Waals surface area contributed by atoms with E-state index < -0.39 is 0 Å². The molecule has 0 spiro atoms. The Kier molecular flexibility index (Phi) is 6.24. The summed E-state index contributed by atoms with van der Waals surface area (Å²) >= 11 is 1.60. The molecule has 2 amide bonds. The van der Waals surface area contributed by atoms with Crippen molar-refractivity contribution in [2.45, 2.75) is 19.9 Å². The van der Waals surface area contributed by atoms with Gasteiger partial charge >= 0.3 is 0 Å². The summed E-state index contributed by atoms with van der Waals surface area (Å²) in [5.41, 5.74) is 0. The van der Waals surface area contributed by atoms with Gasteiger partial charge in [-0.15, -0.1) is 16.4 Å². The van der Waals surface area contributed by atoms with Gasteiger partial charge in [-0.25, -0.2) is 0 Å². The lowest BCUT2D eigenvalue weighted by molar-refractivity contribution is -0.131. The lowest BCUT2D eigenvalue weighted by Gasteiger charge is -2.21. The van der Waals surface area contributed by atoms with Crippen LogP contribution in [0.5, 0.6) is 0 Å².